The van der Waals surface area contributed by atoms with E-state index in [0.29, 0.717) is 24.3 Å². The number of hydrogen-bond acceptors (Lipinski definition) is 4. The van der Waals surface area contributed by atoms with E-state index in [9.17, 15) is 9.59 Å². The van der Waals surface area contributed by atoms with Crippen LogP contribution in [0, 0.1) is 0 Å². The van der Waals surface area contributed by atoms with E-state index in [4.69, 9.17) is 4.74 Å². The lowest BCUT2D eigenvalue weighted by molar-refractivity contribution is 0.0481. The number of carbonyl (C=O) groups excluding carboxylic acids is 2. The van der Waals surface area contributed by atoms with E-state index >= 15 is 0 Å². The number of halogens is 1. The first kappa shape index (κ1) is 23.4. The first-order chi connectivity index (χ1) is 13.0. The Balaban J connectivity index is 0.00000392. The minimum absolute atomic E-state index is 0. The summed E-state index contributed by atoms with van der Waals surface area (Å²) in [6, 6.07) is 14.6. The summed E-state index contributed by atoms with van der Waals surface area (Å²) in [6.07, 6.45) is 4.32. The third-order valence-corrected chi connectivity index (χ3v) is 4.03. The molecule has 2 rings (SSSR count). The molecular weight excluding hydrogens is 376 g/mol. The van der Waals surface area contributed by atoms with Gasteiger partial charge in [-0.3, -0.25) is 4.79 Å². The summed E-state index contributed by atoms with van der Waals surface area (Å²) in [5, 5.41) is 2.74. The van der Waals surface area contributed by atoms with Gasteiger partial charge < -0.3 is 15.0 Å². The number of nitrogens with one attached hydrogen (secondary N) is 1. The molecule has 28 heavy (non-hydrogen) atoms. The third-order valence-electron chi connectivity index (χ3n) is 4.03. The molecule has 2 aromatic rings. The second kappa shape index (κ2) is 12.0. The maximum Gasteiger partial charge on any atom is 0.338 e. The van der Waals surface area contributed by atoms with Crippen molar-refractivity contribution in [3.8, 4) is 0 Å². The van der Waals surface area contributed by atoms with Gasteiger partial charge in [0.2, 0.25) is 0 Å². The quantitative estimate of drug-likeness (QED) is 0.682. The fourth-order valence-corrected chi connectivity index (χ4v) is 2.32. The summed E-state index contributed by atoms with van der Waals surface area (Å²) in [5.74, 6) is -0.494. The van der Waals surface area contributed by atoms with E-state index in [1.165, 1.54) is 5.56 Å². The zero-order valence-electron chi connectivity index (χ0n) is 16.5. The number of benzene rings is 2. The lowest BCUT2D eigenvalue weighted by Gasteiger charge is -2.09. The Morgan fingerprint density at radius 3 is 2.18 bits per heavy atom. The molecule has 0 aromatic heterocycles. The molecule has 0 bridgehead atoms. The lowest BCUT2D eigenvalue weighted by atomic mass is 10.1. The molecular formula is C22H27ClN2O3. The fourth-order valence-electron chi connectivity index (χ4n) is 2.32. The predicted molar refractivity (Wildman–Crippen MR) is 115 cm³/mol. The fraction of sp³-hybridized carbons (Fsp3) is 0.273. The van der Waals surface area contributed by atoms with Crippen LogP contribution in [0.3, 0.4) is 0 Å². The molecule has 0 unspecified atom stereocenters. The third kappa shape index (κ3) is 7.55. The Morgan fingerprint density at radius 1 is 1.00 bits per heavy atom. The van der Waals surface area contributed by atoms with Gasteiger partial charge in [0.25, 0.3) is 5.91 Å². The van der Waals surface area contributed by atoms with E-state index in [2.05, 4.69) is 12.2 Å². The van der Waals surface area contributed by atoms with Crippen LogP contribution in [0.25, 0.3) is 6.08 Å². The Morgan fingerprint density at radius 2 is 1.61 bits per heavy atom. The smallest absolute Gasteiger partial charge is 0.338 e. The second-order valence-electron chi connectivity index (χ2n) is 6.42. The van der Waals surface area contributed by atoms with Gasteiger partial charge in [-0.15, -0.1) is 12.4 Å². The Hall–Kier alpha value is -2.63. The van der Waals surface area contributed by atoms with Crippen molar-refractivity contribution in [1.82, 2.24) is 10.2 Å². The molecule has 1 N–H and O–H groups in total. The standard InChI is InChI=1S/C22H26N2O3.ClH/c1-4-17-5-9-19(10-6-17)21(25)23-14-13-18-7-11-20(12-8-18)22(26)27-16-15-24(2)3;/h5-14H,4,15-16H2,1-3H3,(H,23,25);1H/b14-13+;. The van der Waals surface area contributed by atoms with Crippen molar-refractivity contribution < 1.29 is 14.3 Å². The van der Waals surface area contributed by atoms with Crippen LogP contribution in [0.15, 0.2) is 54.7 Å². The van der Waals surface area contributed by atoms with Gasteiger partial charge in [0.05, 0.1) is 5.56 Å². The van der Waals surface area contributed by atoms with Crippen molar-refractivity contribution in [2.24, 2.45) is 0 Å². The van der Waals surface area contributed by atoms with Crippen molar-refractivity contribution >= 4 is 30.4 Å². The molecule has 0 atom stereocenters. The average Bonchev–Trinajstić information content (AvgIpc) is 2.68. The molecule has 5 nitrogen and oxygen atoms in total. The minimum Gasteiger partial charge on any atom is -0.461 e. The van der Waals surface area contributed by atoms with Crippen molar-refractivity contribution in [3.63, 3.8) is 0 Å². The lowest BCUT2D eigenvalue weighted by Crippen LogP contribution is -2.20. The SMILES string of the molecule is CCc1ccc(C(=O)N/C=C/c2ccc(C(=O)OCCN(C)C)cc2)cc1.Cl. The molecule has 0 fully saturated rings. The van der Waals surface area contributed by atoms with Crippen LogP contribution in [-0.2, 0) is 11.2 Å². The molecule has 150 valence electrons. The Kier molecular flexibility index (Phi) is 9.99. The molecule has 6 heteroatoms. The van der Waals surface area contributed by atoms with Gasteiger partial charge in [-0.05, 0) is 62.0 Å². The van der Waals surface area contributed by atoms with E-state index in [1.54, 1.807) is 36.5 Å². The molecule has 2 aromatic carbocycles. The highest BCUT2D eigenvalue weighted by atomic mass is 35.5. The van der Waals surface area contributed by atoms with Gasteiger partial charge in [-0.25, -0.2) is 4.79 Å². The Bertz CT molecular complexity index is 784. The van der Waals surface area contributed by atoms with Crippen LogP contribution in [-0.4, -0.2) is 44.0 Å². The molecule has 0 radical (unpaired) electrons. The van der Waals surface area contributed by atoms with Gasteiger partial charge in [-0.2, -0.15) is 0 Å². The topological polar surface area (TPSA) is 58.6 Å². The minimum atomic E-state index is -0.337. The van der Waals surface area contributed by atoms with Crippen LogP contribution < -0.4 is 5.32 Å². The summed E-state index contributed by atoms with van der Waals surface area (Å²) < 4.78 is 5.20. The van der Waals surface area contributed by atoms with Gasteiger partial charge in [0.1, 0.15) is 6.61 Å². The highest BCUT2D eigenvalue weighted by Gasteiger charge is 2.06. The molecule has 0 aliphatic carbocycles. The number of hydrogen-bond donors (Lipinski definition) is 1. The molecule has 0 aliphatic heterocycles. The van der Waals surface area contributed by atoms with Gasteiger partial charge in [-0.1, -0.05) is 31.2 Å². The largest absolute Gasteiger partial charge is 0.461 e. The van der Waals surface area contributed by atoms with Crippen molar-refractivity contribution in [2.75, 3.05) is 27.2 Å². The zero-order valence-corrected chi connectivity index (χ0v) is 17.3. The van der Waals surface area contributed by atoms with Crippen molar-refractivity contribution in [3.05, 3.63) is 77.0 Å². The predicted octanol–water partition coefficient (Wildman–Crippen LogP) is 3.79. The second-order valence-corrected chi connectivity index (χ2v) is 6.42. The number of ether oxygens (including phenoxy) is 1. The number of esters is 1. The molecule has 0 aliphatic rings. The van der Waals surface area contributed by atoms with Gasteiger partial charge >= 0.3 is 5.97 Å². The number of rotatable bonds is 8. The first-order valence-electron chi connectivity index (χ1n) is 8.98. The van der Waals surface area contributed by atoms with Crippen LogP contribution in [0.5, 0.6) is 0 Å². The average molecular weight is 403 g/mol. The molecule has 1 amide bonds. The highest BCUT2D eigenvalue weighted by molar-refractivity contribution is 5.95. The number of nitrogens with zero attached hydrogens (tertiary/aromatic N) is 1. The van der Waals surface area contributed by atoms with Crippen molar-refractivity contribution in [2.45, 2.75) is 13.3 Å². The summed E-state index contributed by atoms with van der Waals surface area (Å²) in [6.45, 7) is 3.12. The summed E-state index contributed by atoms with van der Waals surface area (Å²) in [5.41, 5.74) is 3.20. The molecule has 0 saturated carbocycles. The van der Waals surface area contributed by atoms with Crippen LogP contribution in [0.4, 0.5) is 0 Å². The summed E-state index contributed by atoms with van der Waals surface area (Å²) in [4.78, 5) is 26.0. The number of likely N-dealkylation sites (N-methyl/N-ethyl adjacent to an activating group) is 1. The Labute approximate surface area is 172 Å². The van der Waals surface area contributed by atoms with E-state index in [0.717, 1.165) is 12.0 Å². The van der Waals surface area contributed by atoms with Crippen LogP contribution >= 0.6 is 12.4 Å². The normalized spacial score (nSPS) is 10.6. The monoisotopic (exact) mass is 402 g/mol. The van der Waals surface area contributed by atoms with E-state index < -0.39 is 0 Å². The zero-order chi connectivity index (χ0) is 19.6. The molecule has 0 heterocycles. The van der Waals surface area contributed by atoms with Gasteiger partial charge in [0, 0.05) is 18.3 Å². The van der Waals surface area contributed by atoms with E-state index in [1.807, 2.05) is 43.3 Å². The molecule has 0 saturated heterocycles. The number of aryl methyl sites for hydroxylation is 1. The maximum atomic E-state index is 12.1. The highest BCUT2D eigenvalue weighted by Crippen LogP contribution is 2.08. The van der Waals surface area contributed by atoms with Crippen molar-refractivity contribution in [1.29, 1.82) is 0 Å². The van der Waals surface area contributed by atoms with Gasteiger partial charge in [0.15, 0.2) is 0 Å². The van der Waals surface area contributed by atoms with Crippen LogP contribution in [0.2, 0.25) is 0 Å². The van der Waals surface area contributed by atoms with E-state index in [-0.39, 0.29) is 24.3 Å². The first-order valence-corrected chi connectivity index (χ1v) is 8.98. The van der Waals surface area contributed by atoms with Crippen LogP contribution in [0.1, 0.15) is 38.8 Å². The maximum absolute atomic E-state index is 12.1. The summed E-state index contributed by atoms with van der Waals surface area (Å²) >= 11 is 0. The number of amides is 1. The molecule has 0 spiro atoms. The summed E-state index contributed by atoms with van der Waals surface area (Å²) in [7, 11) is 3.85. The number of carbonyl (C=O) groups is 2.